The molecule has 1 saturated carbocycles. The van der Waals surface area contributed by atoms with Gasteiger partial charge in [0.2, 0.25) is 0 Å². The first-order valence-corrected chi connectivity index (χ1v) is 7.64. The van der Waals surface area contributed by atoms with Gasteiger partial charge in [0.15, 0.2) is 5.60 Å². The SMILES string of the molecule is C=C(C)C(=O)OC(c1ccccc1)(c1ccccc1)C1CC1. The molecule has 0 bridgehead atoms. The maximum absolute atomic E-state index is 12.3. The first-order valence-electron chi connectivity index (χ1n) is 7.64. The molecule has 0 aliphatic heterocycles. The Kier molecular flexibility index (Phi) is 3.84. The van der Waals surface area contributed by atoms with Gasteiger partial charge in [-0.15, -0.1) is 0 Å². The topological polar surface area (TPSA) is 26.3 Å². The molecule has 0 heterocycles. The summed E-state index contributed by atoms with van der Waals surface area (Å²) in [5.74, 6) is -0.0137. The Morgan fingerprint density at radius 3 is 1.82 bits per heavy atom. The Balaban J connectivity index is 2.15. The maximum atomic E-state index is 12.3. The van der Waals surface area contributed by atoms with Crippen molar-refractivity contribution in [1.29, 1.82) is 0 Å². The molecule has 0 radical (unpaired) electrons. The summed E-state index contributed by atoms with van der Waals surface area (Å²) in [6.45, 7) is 5.42. The van der Waals surface area contributed by atoms with Crippen molar-refractivity contribution in [3.8, 4) is 0 Å². The molecule has 2 aromatic rings. The van der Waals surface area contributed by atoms with Crippen LogP contribution in [-0.4, -0.2) is 5.97 Å². The molecule has 2 heteroatoms. The van der Waals surface area contributed by atoms with E-state index in [2.05, 4.69) is 6.58 Å². The minimum Gasteiger partial charge on any atom is -0.446 e. The van der Waals surface area contributed by atoms with Gasteiger partial charge >= 0.3 is 5.97 Å². The van der Waals surface area contributed by atoms with Crippen LogP contribution >= 0.6 is 0 Å². The first kappa shape index (κ1) is 14.6. The van der Waals surface area contributed by atoms with Crippen LogP contribution in [0.1, 0.15) is 30.9 Å². The average molecular weight is 292 g/mol. The van der Waals surface area contributed by atoms with E-state index >= 15 is 0 Å². The predicted molar refractivity (Wildman–Crippen MR) is 87.3 cm³/mol. The first-order chi connectivity index (χ1) is 10.6. The number of esters is 1. The number of benzene rings is 2. The minimum atomic E-state index is -0.710. The Hall–Kier alpha value is -2.35. The van der Waals surface area contributed by atoms with Crippen LogP contribution in [0.5, 0.6) is 0 Å². The van der Waals surface area contributed by atoms with Crippen molar-refractivity contribution in [2.45, 2.75) is 25.4 Å². The third-order valence-electron chi connectivity index (χ3n) is 4.16. The van der Waals surface area contributed by atoms with Crippen molar-refractivity contribution < 1.29 is 9.53 Å². The van der Waals surface area contributed by atoms with Crippen molar-refractivity contribution in [1.82, 2.24) is 0 Å². The maximum Gasteiger partial charge on any atom is 0.334 e. The van der Waals surface area contributed by atoms with Gasteiger partial charge in [0.25, 0.3) is 0 Å². The summed E-state index contributed by atoms with van der Waals surface area (Å²) in [7, 11) is 0. The third kappa shape index (κ3) is 2.57. The highest BCUT2D eigenvalue weighted by Gasteiger charge is 2.51. The monoisotopic (exact) mass is 292 g/mol. The summed E-state index contributed by atoms with van der Waals surface area (Å²) in [6.07, 6.45) is 2.13. The molecule has 0 unspecified atom stereocenters. The Bertz CT molecular complexity index is 630. The van der Waals surface area contributed by atoms with E-state index in [4.69, 9.17) is 4.74 Å². The smallest absolute Gasteiger partial charge is 0.334 e. The minimum absolute atomic E-state index is 0.320. The summed E-state index contributed by atoms with van der Waals surface area (Å²) in [5.41, 5.74) is 1.77. The fourth-order valence-electron chi connectivity index (χ4n) is 2.93. The molecular weight excluding hydrogens is 272 g/mol. The van der Waals surface area contributed by atoms with Gasteiger partial charge in [0.1, 0.15) is 0 Å². The highest BCUT2D eigenvalue weighted by molar-refractivity contribution is 5.87. The van der Waals surface area contributed by atoms with E-state index in [1.165, 1.54) is 0 Å². The van der Waals surface area contributed by atoms with E-state index in [-0.39, 0.29) is 5.97 Å². The molecule has 112 valence electrons. The van der Waals surface area contributed by atoms with Gasteiger partial charge in [0.05, 0.1) is 0 Å². The Morgan fingerprint density at radius 2 is 1.45 bits per heavy atom. The lowest BCUT2D eigenvalue weighted by Crippen LogP contribution is -2.36. The highest BCUT2D eigenvalue weighted by Crippen LogP contribution is 2.52. The van der Waals surface area contributed by atoms with Gasteiger partial charge in [-0.05, 0) is 19.8 Å². The lowest BCUT2D eigenvalue weighted by atomic mass is 9.81. The zero-order valence-electron chi connectivity index (χ0n) is 12.8. The van der Waals surface area contributed by atoms with E-state index in [0.29, 0.717) is 11.5 Å². The van der Waals surface area contributed by atoms with Crippen molar-refractivity contribution >= 4 is 5.97 Å². The Morgan fingerprint density at radius 1 is 1.00 bits per heavy atom. The van der Waals surface area contributed by atoms with Crippen LogP contribution in [0.25, 0.3) is 0 Å². The van der Waals surface area contributed by atoms with Crippen LogP contribution in [0.15, 0.2) is 72.8 Å². The summed E-state index contributed by atoms with van der Waals surface area (Å²) >= 11 is 0. The van der Waals surface area contributed by atoms with Gasteiger partial charge < -0.3 is 4.74 Å². The molecule has 2 nitrogen and oxygen atoms in total. The van der Waals surface area contributed by atoms with E-state index in [1.807, 2.05) is 60.7 Å². The second-order valence-electron chi connectivity index (χ2n) is 5.91. The fraction of sp³-hybridized carbons (Fsp3) is 0.250. The van der Waals surface area contributed by atoms with Crippen LogP contribution in [0.2, 0.25) is 0 Å². The fourth-order valence-corrected chi connectivity index (χ4v) is 2.93. The Labute approximate surface area is 131 Å². The second kappa shape index (κ2) is 5.80. The van der Waals surface area contributed by atoms with Gasteiger partial charge in [-0.2, -0.15) is 0 Å². The molecular formula is C20H20O2. The molecule has 1 aliphatic rings. The van der Waals surface area contributed by atoms with Crippen LogP contribution < -0.4 is 0 Å². The van der Waals surface area contributed by atoms with Crippen molar-refractivity contribution in [3.05, 3.63) is 83.9 Å². The number of hydrogen-bond acceptors (Lipinski definition) is 2. The van der Waals surface area contributed by atoms with Crippen molar-refractivity contribution in [2.75, 3.05) is 0 Å². The number of rotatable bonds is 5. The highest BCUT2D eigenvalue weighted by atomic mass is 16.6. The van der Waals surface area contributed by atoms with Gasteiger partial charge in [-0.3, -0.25) is 0 Å². The zero-order valence-corrected chi connectivity index (χ0v) is 12.8. The lowest BCUT2D eigenvalue weighted by molar-refractivity contribution is -0.154. The predicted octanol–water partition coefficient (Wildman–Crippen LogP) is 4.46. The molecule has 0 aromatic heterocycles. The van der Waals surface area contributed by atoms with Crippen molar-refractivity contribution in [3.63, 3.8) is 0 Å². The number of ether oxygens (including phenoxy) is 1. The van der Waals surface area contributed by atoms with Crippen LogP contribution in [0, 0.1) is 5.92 Å². The molecule has 0 spiro atoms. The van der Waals surface area contributed by atoms with E-state index in [9.17, 15) is 4.79 Å². The standard InChI is InChI=1S/C20H20O2/c1-15(2)19(21)22-20(18-13-14-18,16-9-5-3-6-10-16)17-11-7-4-8-12-17/h3-12,18H,1,13-14H2,2H3. The summed E-state index contributed by atoms with van der Waals surface area (Å²) in [5, 5.41) is 0. The lowest BCUT2D eigenvalue weighted by Gasteiger charge is -2.35. The molecule has 0 amide bonds. The van der Waals surface area contributed by atoms with Gasteiger partial charge in [-0.25, -0.2) is 4.79 Å². The molecule has 2 aromatic carbocycles. The van der Waals surface area contributed by atoms with E-state index in [1.54, 1.807) is 6.92 Å². The molecule has 0 atom stereocenters. The number of carbonyl (C=O) groups is 1. The zero-order chi connectivity index (χ0) is 15.6. The number of carbonyl (C=O) groups excluding carboxylic acids is 1. The van der Waals surface area contributed by atoms with E-state index < -0.39 is 5.60 Å². The van der Waals surface area contributed by atoms with Gasteiger partial charge in [-0.1, -0.05) is 67.2 Å². The van der Waals surface area contributed by atoms with Crippen LogP contribution in [0.3, 0.4) is 0 Å². The molecule has 1 fully saturated rings. The summed E-state index contributed by atoms with van der Waals surface area (Å²) in [4.78, 5) is 12.3. The molecule has 0 saturated heterocycles. The normalized spacial score (nSPS) is 14.4. The molecule has 3 rings (SSSR count). The molecule has 22 heavy (non-hydrogen) atoms. The van der Waals surface area contributed by atoms with Crippen LogP contribution in [0.4, 0.5) is 0 Å². The number of hydrogen-bond donors (Lipinski definition) is 0. The molecule has 1 aliphatic carbocycles. The average Bonchev–Trinajstić information content (AvgIpc) is 3.39. The summed E-state index contributed by atoms with van der Waals surface area (Å²) in [6, 6.07) is 20.1. The largest absolute Gasteiger partial charge is 0.446 e. The molecule has 0 N–H and O–H groups in total. The van der Waals surface area contributed by atoms with Crippen molar-refractivity contribution in [2.24, 2.45) is 5.92 Å². The van der Waals surface area contributed by atoms with Crippen LogP contribution in [-0.2, 0) is 15.1 Å². The van der Waals surface area contributed by atoms with E-state index in [0.717, 1.165) is 24.0 Å². The third-order valence-corrected chi connectivity index (χ3v) is 4.16. The quantitative estimate of drug-likeness (QED) is 0.601. The van der Waals surface area contributed by atoms with Gasteiger partial charge in [0, 0.05) is 22.6 Å². The summed E-state index contributed by atoms with van der Waals surface area (Å²) < 4.78 is 6.06. The second-order valence-corrected chi connectivity index (χ2v) is 5.91.